The van der Waals surface area contributed by atoms with E-state index in [0.717, 1.165) is 30.9 Å². The van der Waals surface area contributed by atoms with Crippen molar-refractivity contribution in [3.05, 3.63) is 36.0 Å². The second kappa shape index (κ2) is 6.28. The topological polar surface area (TPSA) is 60.2 Å². The van der Waals surface area contributed by atoms with Crippen LogP contribution in [-0.2, 0) is 6.42 Å². The summed E-state index contributed by atoms with van der Waals surface area (Å²) in [7, 11) is 1.93. The van der Waals surface area contributed by atoms with Gasteiger partial charge in [-0.15, -0.1) is 11.8 Å². The summed E-state index contributed by atoms with van der Waals surface area (Å²) in [5.74, 6) is 3.04. The molecule has 6 heteroatoms. The first-order chi connectivity index (χ1) is 9.86. The average Bonchev–Trinajstić information content (AvgIpc) is 2.96. The van der Waals surface area contributed by atoms with Gasteiger partial charge in [-0.3, -0.25) is 0 Å². The van der Waals surface area contributed by atoms with Crippen LogP contribution in [0.2, 0.25) is 0 Å². The summed E-state index contributed by atoms with van der Waals surface area (Å²) < 4.78 is 11.2. The Morgan fingerprint density at radius 1 is 1.40 bits per heavy atom. The van der Waals surface area contributed by atoms with E-state index in [0.29, 0.717) is 11.7 Å². The maximum absolute atomic E-state index is 5.94. The van der Waals surface area contributed by atoms with Crippen molar-refractivity contribution in [3.63, 3.8) is 0 Å². The number of para-hydroxylation sites is 1. The number of fused-ring (bicyclic) bond motifs is 1. The third-order valence-corrected chi connectivity index (χ3v) is 4.22. The Morgan fingerprint density at radius 2 is 2.30 bits per heavy atom. The molecule has 1 aromatic carbocycles. The van der Waals surface area contributed by atoms with Crippen molar-refractivity contribution in [2.45, 2.75) is 23.8 Å². The fourth-order valence-corrected chi connectivity index (χ4v) is 3.04. The summed E-state index contributed by atoms with van der Waals surface area (Å²) >= 11 is 1.77. The number of nitrogens with zero attached hydrogens (tertiary/aromatic N) is 2. The van der Waals surface area contributed by atoms with Gasteiger partial charge in [0.2, 0.25) is 11.7 Å². The van der Waals surface area contributed by atoms with Crippen LogP contribution in [0, 0.1) is 0 Å². The molecule has 20 heavy (non-hydrogen) atoms. The molecule has 0 radical (unpaired) electrons. The molecule has 1 aliphatic heterocycles. The highest BCUT2D eigenvalue weighted by atomic mass is 32.2. The van der Waals surface area contributed by atoms with E-state index in [1.54, 1.807) is 11.8 Å². The highest BCUT2D eigenvalue weighted by molar-refractivity contribution is 7.99. The monoisotopic (exact) mass is 291 g/mol. The van der Waals surface area contributed by atoms with E-state index in [1.807, 2.05) is 25.2 Å². The number of hydrogen-bond donors (Lipinski definition) is 1. The summed E-state index contributed by atoms with van der Waals surface area (Å²) in [4.78, 5) is 5.60. The minimum absolute atomic E-state index is 0.128. The minimum Gasteiger partial charge on any atom is -0.480 e. The minimum atomic E-state index is -0.128. The molecular formula is C14H17N3O2S. The van der Waals surface area contributed by atoms with Gasteiger partial charge in [0.05, 0.1) is 0 Å². The van der Waals surface area contributed by atoms with E-state index in [-0.39, 0.29) is 6.10 Å². The molecular weight excluding hydrogens is 274 g/mol. The molecule has 0 fully saturated rings. The van der Waals surface area contributed by atoms with Gasteiger partial charge in [0.1, 0.15) is 5.75 Å². The van der Waals surface area contributed by atoms with Crippen molar-refractivity contribution in [1.29, 1.82) is 0 Å². The number of nitrogens with one attached hydrogen (secondary N) is 1. The van der Waals surface area contributed by atoms with Crippen molar-refractivity contribution >= 4 is 11.8 Å². The van der Waals surface area contributed by atoms with Crippen molar-refractivity contribution in [2.75, 3.05) is 19.3 Å². The average molecular weight is 291 g/mol. The molecule has 1 N–H and O–H groups in total. The normalized spacial score (nSPS) is 17.6. The van der Waals surface area contributed by atoms with Gasteiger partial charge in [-0.2, -0.15) is 4.98 Å². The maximum atomic E-state index is 5.94. The number of ether oxygens (including phenoxy) is 1. The molecule has 1 aliphatic rings. The van der Waals surface area contributed by atoms with Crippen LogP contribution in [0.5, 0.6) is 5.75 Å². The van der Waals surface area contributed by atoms with E-state index < -0.39 is 0 Å². The molecule has 0 saturated carbocycles. The van der Waals surface area contributed by atoms with Gasteiger partial charge >= 0.3 is 0 Å². The van der Waals surface area contributed by atoms with Gasteiger partial charge in [-0.1, -0.05) is 17.3 Å². The highest BCUT2D eigenvalue weighted by Gasteiger charge is 2.25. The molecule has 0 bridgehead atoms. The zero-order valence-corrected chi connectivity index (χ0v) is 12.2. The van der Waals surface area contributed by atoms with Gasteiger partial charge in [0, 0.05) is 17.1 Å². The number of hydrogen-bond acceptors (Lipinski definition) is 6. The summed E-state index contributed by atoms with van der Waals surface area (Å²) in [5, 5.41) is 7.15. The van der Waals surface area contributed by atoms with Crippen LogP contribution in [0.4, 0.5) is 0 Å². The predicted octanol–water partition coefficient (Wildman–Crippen LogP) is 2.45. The molecule has 2 aromatic rings. The summed E-state index contributed by atoms with van der Waals surface area (Å²) in [6.07, 6.45) is 1.66. The first kappa shape index (κ1) is 13.5. The van der Waals surface area contributed by atoms with Crippen LogP contribution in [0.15, 0.2) is 33.7 Å². The second-order valence-electron chi connectivity index (χ2n) is 4.62. The van der Waals surface area contributed by atoms with Gasteiger partial charge in [0.25, 0.3) is 0 Å². The molecule has 1 aromatic heterocycles. The number of benzene rings is 1. The van der Waals surface area contributed by atoms with Crippen LogP contribution >= 0.6 is 11.8 Å². The predicted molar refractivity (Wildman–Crippen MR) is 77.1 cm³/mol. The number of aryl methyl sites for hydroxylation is 1. The number of aromatic nitrogens is 2. The van der Waals surface area contributed by atoms with E-state index in [9.17, 15) is 0 Å². The molecule has 0 amide bonds. The Balaban J connectivity index is 1.66. The van der Waals surface area contributed by atoms with Crippen molar-refractivity contribution < 1.29 is 9.26 Å². The van der Waals surface area contributed by atoms with Crippen LogP contribution < -0.4 is 10.1 Å². The van der Waals surface area contributed by atoms with Crippen LogP contribution in [0.25, 0.3) is 0 Å². The zero-order chi connectivity index (χ0) is 13.8. The maximum Gasteiger partial charge on any atom is 0.226 e. The lowest BCUT2D eigenvalue weighted by atomic mass is 10.3. The van der Waals surface area contributed by atoms with Crippen molar-refractivity contribution in [1.82, 2.24) is 15.5 Å². The van der Waals surface area contributed by atoms with E-state index in [1.165, 1.54) is 4.90 Å². The van der Waals surface area contributed by atoms with E-state index in [2.05, 4.69) is 21.5 Å². The van der Waals surface area contributed by atoms with Gasteiger partial charge in [-0.25, -0.2) is 0 Å². The highest BCUT2D eigenvalue weighted by Crippen LogP contribution is 2.39. The van der Waals surface area contributed by atoms with Crippen molar-refractivity contribution in [2.24, 2.45) is 0 Å². The Kier molecular flexibility index (Phi) is 4.22. The van der Waals surface area contributed by atoms with Crippen LogP contribution in [0.1, 0.15) is 24.2 Å². The van der Waals surface area contributed by atoms with E-state index >= 15 is 0 Å². The van der Waals surface area contributed by atoms with Crippen molar-refractivity contribution in [3.8, 4) is 5.75 Å². The lowest BCUT2D eigenvalue weighted by Gasteiger charge is -2.22. The molecule has 106 valence electrons. The third-order valence-electron chi connectivity index (χ3n) is 3.10. The molecule has 3 rings (SSSR count). The Hall–Kier alpha value is -1.53. The lowest BCUT2D eigenvalue weighted by Crippen LogP contribution is -2.16. The molecule has 2 heterocycles. The molecule has 5 nitrogen and oxygen atoms in total. The number of thioether (sulfide) groups is 1. The molecule has 0 saturated heterocycles. The second-order valence-corrected chi connectivity index (χ2v) is 5.68. The fraction of sp³-hybridized carbons (Fsp3) is 0.429. The largest absolute Gasteiger partial charge is 0.480 e. The third kappa shape index (κ3) is 2.96. The first-order valence-electron chi connectivity index (χ1n) is 6.72. The standard InChI is InChI=1S/C14H17N3O2S/c1-15-8-4-7-13-16-14(17-19-13)11-9-20-12-6-3-2-5-10(12)18-11/h2-3,5-6,11,15H,4,7-9H2,1H3. The smallest absolute Gasteiger partial charge is 0.226 e. The number of rotatable bonds is 5. The Labute approximate surface area is 122 Å². The van der Waals surface area contributed by atoms with Gasteiger partial charge in [0.15, 0.2) is 6.10 Å². The van der Waals surface area contributed by atoms with Gasteiger partial charge < -0.3 is 14.6 Å². The lowest BCUT2D eigenvalue weighted by molar-refractivity contribution is 0.205. The first-order valence-corrected chi connectivity index (χ1v) is 7.71. The molecule has 1 unspecified atom stereocenters. The Bertz CT molecular complexity index is 573. The van der Waals surface area contributed by atoms with E-state index in [4.69, 9.17) is 9.26 Å². The molecule has 0 aliphatic carbocycles. The zero-order valence-electron chi connectivity index (χ0n) is 11.3. The fourth-order valence-electron chi connectivity index (χ4n) is 2.06. The Morgan fingerprint density at radius 3 is 3.20 bits per heavy atom. The summed E-state index contributed by atoms with van der Waals surface area (Å²) in [6, 6.07) is 8.03. The summed E-state index contributed by atoms with van der Waals surface area (Å²) in [5.41, 5.74) is 0. The van der Waals surface area contributed by atoms with Gasteiger partial charge in [-0.05, 0) is 32.1 Å². The SMILES string of the molecule is CNCCCc1nc(C2CSc3ccccc3O2)no1. The summed E-state index contributed by atoms with van der Waals surface area (Å²) in [6.45, 7) is 0.945. The molecule has 1 atom stereocenters. The quantitative estimate of drug-likeness (QED) is 0.854. The van der Waals surface area contributed by atoms with Crippen LogP contribution in [0.3, 0.4) is 0 Å². The van der Waals surface area contributed by atoms with Crippen LogP contribution in [-0.4, -0.2) is 29.5 Å². The molecule has 0 spiro atoms.